The second-order valence-electron chi connectivity index (χ2n) is 3.77. The van der Waals surface area contributed by atoms with E-state index < -0.39 is 0 Å². The van der Waals surface area contributed by atoms with Gasteiger partial charge >= 0.3 is 0 Å². The van der Waals surface area contributed by atoms with Gasteiger partial charge in [-0.25, -0.2) is 0 Å². The van der Waals surface area contributed by atoms with E-state index in [2.05, 4.69) is 10.3 Å². The van der Waals surface area contributed by atoms with Gasteiger partial charge in [0.2, 0.25) is 0 Å². The number of nitrogens with zero attached hydrogens (tertiary/aromatic N) is 1. The molecule has 13 heavy (non-hydrogen) atoms. The quantitative estimate of drug-likeness (QED) is 0.783. The molecule has 1 heterocycles. The van der Waals surface area contributed by atoms with Gasteiger partial charge in [0.15, 0.2) is 0 Å². The summed E-state index contributed by atoms with van der Waals surface area (Å²) in [4.78, 5) is 5.49. The van der Waals surface area contributed by atoms with Gasteiger partial charge in [0.1, 0.15) is 0 Å². The molecule has 1 aromatic heterocycles. The van der Waals surface area contributed by atoms with E-state index in [0.717, 1.165) is 5.92 Å². The van der Waals surface area contributed by atoms with E-state index in [9.17, 15) is 0 Å². The summed E-state index contributed by atoms with van der Waals surface area (Å²) in [6.07, 6.45) is 7.55. The van der Waals surface area contributed by atoms with Crippen LogP contribution in [0.25, 0.3) is 0 Å². The van der Waals surface area contributed by atoms with E-state index in [0.29, 0.717) is 6.04 Å². The second kappa shape index (κ2) is 4.20. The van der Waals surface area contributed by atoms with Crippen LogP contribution in [0.2, 0.25) is 0 Å². The standard InChI is InChI=1S/C10H16N2S/c1-11-9(5-4-8-2-3-8)10-6-12-7-13-10/h6-9,11H,2-5H2,1H3. The lowest BCUT2D eigenvalue weighted by atomic mass is 10.1. The Labute approximate surface area is 83.4 Å². The number of hydrogen-bond donors (Lipinski definition) is 1. The van der Waals surface area contributed by atoms with Crippen molar-refractivity contribution < 1.29 is 0 Å². The van der Waals surface area contributed by atoms with Crippen LogP contribution < -0.4 is 5.32 Å². The molecule has 0 bridgehead atoms. The molecule has 0 spiro atoms. The minimum atomic E-state index is 0.535. The Balaban J connectivity index is 1.85. The Morgan fingerprint density at radius 3 is 3.08 bits per heavy atom. The van der Waals surface area contributed by atoms with Crippen LogP contribution >= 0.6 is 11.3 Å². The van der Waals surface area contributed by atoms with Gasteiger partial charge in [0.25, 0.3) is 0 Å². The summed E-state index contributed by atoms with van der Waals surface area (Å²) in [5.74, 6) is 1.03. The second-order valence-corrected chi connectivity index (χ2v) is 4.68. The van der Waals surface area contributed by atoms with Crippen molar-refractivity contribution in [3.8, 4) is 0 Å². The minimum absolute atomic E-state index is 0.535. The summed E-state index contributed by atoms with van der Waals surface area (Å²) in [5.41, 5.74) is 1.91. The minimum Gasteiger partial charge on any atom is -0.312 e. The molecule has 1 unspecified atom stereocenters. The maximum absolute atomic E-state index is 4.11. The Morgan fingerprint density at radius 2 is 2.54 bits per heavy atom. The van der Waals surface area contributed by atoms with Crippen molar-refractivity contribution in [1.82, 2.24) is 10.3 Å². The molecule has 2 rings (SSSR count). The number of aromatic nitrogens is 1. The lowest BCUT2D eigenvalue weighted by molar-refractivity contribution is 0.512. The summed E-state index contributed by atoms with van der Waals surface area (Å²) in [6.45, 7) is 0. The van der Waals surface area contributed by atoms with Crippen molar-refractivity contribution in [2.45, 2.75) is 31.7 Å². The fraction of sp³-hybridized carbons (Fsp3) is 0.700. The van der Waals surface area contributed by atoms with Crippen LogP contribution in [-0.4, -0.2) is 12.0 Å². The first-order valence-electron chi connectivity index (χ1n) is 4.96. The van der Waals surface area contributed by atoms with E-state index in [4.69, 9.17) is 0 Å². The Morgan fingerprint density at radius 1 is 1.69 bits per heavy atom. The highest BCUT2D eigenvalue weighted by molar-refractivity contribution is 7.09. The summed E-state index contributed by atoms with van der Waals surface area (Å²) in [7, 11) is 2.04. The molecule has 1 atom stereocenters. The third-order valence-electron chi connectivity index (χ3n) is 2.70. The molecule has 3 heteroatoms. The molecular weight excluding hydrogens is 180 g/mol. The molecule has 2 nitrogen and oxygen atoms in total. The van der Waals surface area contributed by atoms with E-state index in [1.807, 2.05) is 18.8 Å². The molecule has 1 aromatic rings. The molecule has 0 radical (unpaired) electrons. The largest absolute Gasteiger partial charge is 0.312 e. The first kappa shape index (κ1) is 9.16. The zero-order valence-electron chi connectivity index (χ0n) is 7.99. The molecule has 72 valence electrons. The Bertz CT molecular complexity index is 241. The highest BCUT2D eigenvalue weighted by Crippen LogP contribution is 2.36. The van der Waals surface area contributed by atoms with E-state index in [-0.39, 0.29) is 0 Å². The Hall–Kier alpha value is -0.410. The molecule has 0 amide bonds. The van der Waals surface area contributed by atoms with Crippen LogP contribution in [-0.2, 0) is 0 Å². The topological polar surface area (TPSA) is 24.9 Å². The van der Waals surface area contributed by atoms with Crippen molar-refractivity contribution in [2.75, 3.05) is 7.05 Å². The summed E-state index contributed by atoms with van der Waals surface area (Å²) in [6, 6.07) is 0.535. The first-order chi connectivity index (χ1) is 6.40. The van der Waals surface area contributed by atoms with Crippen LogP contribution in [0, 0.1) is 5.92 Å². The molecule has 1 N–H and O–H groups in total. The van der Waals surface area contributed by atoms with E-state index in [1.165, 1.54) is 30.6 Å². The zero-order valence-corrected chi connectivity index (χ0v) is 8.81. The highest BCUT2D eigenvalue weighted by atomic mass is 32.1. The maximum atomic E-state index is 4.11. The van der Waals surface area contributed by atoms with Crippen LogP contribution in [0.3, 0.4) is 0 Å². The van der Waals surface area contributed by atoms with Gasteiger partial charge in [0.05, 0.1) is 5.51 Å². The highest BCUT2D eigenvalue weighted by Gasteiger charge is 2.22. The van der Waals surface area contributed by atoms with Gasteiger partial charge in [-0.05, 0) is 25.8 Å². The number of rotatable bonds is 5. The van der Waals surface area contributed by atoms with Crippen molar-refractivity contribution in [1.29, 1.82) is 0 Å². The third kappa shape index (κ3) is 2.51. The zero-order chi connectivity index (χ0) is 9.10. The monoisotopic (exact) mass is 196 g/mol. The fourth-order valence-corrected chi connectivity index (χ4v) is 2.40. The molecular formula is C10H16N2S. The van der Waals surface area contributed by atoms with Crippen LogP contribution in [0.5, 0.6) is 0 Å². The van der Waals surface area contributed by atoms with Crippen LogP contribution in [0.4, 0.5) is 0 Å². The van der Waals surface area contributed by atoms with Gasteiger partial charge in [-0.15, -0.1) is 11.3 Å². The van der Waals surface area contributed by atoms with Crippen LogP contribution in [0.15, 0.2) is 11.7 Å². The molecule has 1 fully saturated rings. The number of thiazole rings is 1. The van der Waals surface area contributed by atoms with Crippen molar-refractivity contribution in [3.05, 3.63) is 16.6 Å². The van der Waals surface area contributed by atoms with Gasteiger partial charge in [-0.1, -0.05) is 12.8 Å². The van der Waals surface area contributed by atoms with Crippen LogP contribution in [0.1, 0.15) is 36.6 Å². The normalized spacial score (nSPS) is 18.8. The predicted molar refractivity (Wildman–Crippen MR) is 55.9 cm³/mol. The third-order valence-corrected chi connectivity index (χ3v) is 3.59. The van der Waals surface area contributed by atoms with Gasteiger partial charge < -0.3 is 5.32 Å². The smallest absolute Gasteiger partial charge is 0.0794 e. The number of nitrogens with one attached hydrogen (secondary N) is 1. The SMILES string of the molecule is CNC(CCC1CC1)c1cncs1. The predicted octanol–water partition coefficient (Wildman–Crippen LogP) is 2.59. The fourth-order valence-electron chi connectivity index (χ4n) is 1.64. The molecule has 0 aromatic carbocycles. The lowest BCUT2D eigenvalue weighted by Gasteiger charge is -2.12. The van der Waals surface area contributed by atoms with Crippen molar-refractivity contribution in [3.63, 3.8) is 0 Å². The van der Waals surface area contributed by atoms with E-state index >= 15 is 0 Å². The Kier molecular flexibility index (Phi) is 2.96. The lowest BCUT2D eigenvalue weighted by Crippen LogP contribution is -2.15. The molecule has 1 saturated carbocycles. The van der Waals surface area contributed by atoms with Crippen molar-refractivity contribution >= 4 is 11.3 Å². The molecule has 1 aliphatic rings. The first-order valence-corrected chi connectivity index (χ1v) is 5.83. The van der Waals surface area contributed by atoms with Gasteiger partial charge in [-0.3, -0.25) is 4.98 Å². The molecule has 1 aliphatic carbocycles. The van der Waals surface area contributed by atoms with Gasteiger partial charge in [-0.2, -0.15) is 0 Å². The summed E-state index contributed by atoms with van der Waals surface area (Å²) < 4.78 is 0. The molecule has 0 saturated heterocycles. The summed E-state index contributed by atoms with van der Waals surface area (Å²) >= 11 is 1.75. The summed E-state index contributed by atoms with van der Waals surface area (Å²) in [5, 5.41) is 3.36. The molecule has 0 aliphatic heterocycles. The van der Waals surface area contributed by atoms with E-state index in [1.54, 1.807) is 11.3 Å². The average molecular weight is 196 g/mol. The maximum Gasteiger partial charge on any atom is 0.0794 e. The van der Waals surface area contributed by atoms with Crippen molar-refractivity contribution in [2.24, 2.45) is 5.92 Å². The average Bonchev–Trinajstić information content (AvgIpc) is 2.81. The van der Waals surface area contributed by atoms with Gasteiger partial charge in [0, 0.05) is 17.1 Å². The number of hydrogen-bond acceptors (Lipinski definition) is 3.